The van der Waals surface area contributed by atoms with E-state index in [2.05, 4.69) is 4.98 Å². The number of hydrogen-bond acceptors (Lipinski definition) is 3. The van der Waals surface area contributed by atoms with E-state index < -0.39 is 0 Å². The molecule has 2 N–H and O–H groups in total. The van der Waals surface area contributed by atoms with Crippen LogP contribution in [0.15, 0.2) is 42.5 Å². The van der Waals surface area contributed by atoms with Gasteiger partial charge in [-0.05, 0) is 29.8 Å². The van der Waals surface area contributed by atoms with Crippen molar-refractivity contribution in [3.05, 3.63) is 58.7 Å². The summed E-state index contributed by atoms with van der Waals surface area (Å²) in [4.78, 5) is 4.25. The average Bonchev–Trinajstić information content (AvgIpc) is 2.32. The maximum absolute atomic E-state index is 5.83. The van der Waals surface area contributed by atoms with Gasteiger partial charge in [-0.2, -0.15) is 11.8 Å². The molecule has 0 atom stereocenters. The number of pyridine rings is 1. The maximum atomic E-state index is 5.83. The fourth-order valence-corrected chi connectivity index (χ4v) is 2.46. The first-order valence-electron chi connectivity index (χ1n) is 5.27. The van der Waals surface area contributed by atoms with Gasteiger partial charge in [-0.1, -0.05) is 29.8 Å². The van der Waals surface area contributed by atoms with E-state index in [1.54, 1.807) is 6.07 Å². The Morgan fingerprint density at radius 3 is 2.53 bits per heavy atom. The minimum absolute atomic E-state index is 0.578. The molecular weight excluding hydrogens is 252 g/mol. The summed E-state index contributed by atoms with van der Waals surface area (Å²) >= 11 is 7.64. The lowest BCUT2D eigenvalue weighted by Crippen LogP contribution is -1.93. The maximum Gasteiger partial charge on any atom is 0.123 e. The van der Waals surface area contributed by atoms with Crippen molar-refractivity contribution in [1.82, 2.24) is 4.98 Å². The molecule has 0 unspecified atom stereocenters. The summed E-state index contributed by atoms with van der Waals surface area (Å²) in [6, 6.07) is 13.6. The number of anilines is 1. The standard InChI is InChI=1S/C13H13ClN2S/c14-11-6-4-10(5-7-11)8-17-9-12-2-1-3-13(15)16-12/h1-7H,8-9H2,(H2,15,16). The van der Waals surface area contributed by atoms with Crippen LogP contribution in [0.3, 0.4) is 0 Å². The molecule has 0 aliphatic heterocycles. The molecule has 1 heterocycles. The number of rotatable bonds is 4. The SMILES string of the molecule is Nc1cccc(CSCc2ccc(Cl)cc2)n1. The molecule has 0 radical (unpaired) electrons. The first kappa shape index (κ1) is 12.3. The van der Waals surface area contributed by atoms with Crippen LogP contribution in [0.25, 0.3) is 0 Å². The van der Waals surface area contributed by atoms with E-state index in [1.807, 2.05) is 48.2 Å². The molecule has 0 bridgehead atoms. The Morgan fingerprint density at radius 1 is 1.06 bits per heavy atom. The van der Waals surface area contributed by atoms with Gasteiger partial charge in [-0.15, -0.1) is 0 Å². The van der Waals surface area contributed by atoms with Crippen molar-refractivity contribution in [1.29, 1.82) is 0 Å². The van der Waals surface area contributed by atoms with Crippen molar-refractivity contribution < 1.29 is 0 Å². The normalized spacial score (nSPS) is 10.4. The molecule has 17 heavy (non-hydrogen) atoms. The number of nitrogens with two attached hydrogens (primary N) is 1. The zero-order valence-corrected chi connectivity index (χ0v) is 10.8. The molecule has 2 aromatic rings. The van der Waals surface area contributed by atoms with Crippen LogP contribution in [0.5, 0.6) is 0 Å². The molecule has 88 valence electrons. The Hall–Kier alpha value is -1.19. The van der Waals surface area contributed by atoms with Crippen molar-refractivity contribution in [3.63, 3.8) is 0 Å². The van der Waals surface area contributed by atoms with Crippen LogP contribution in [0.2, 0.25) is 5.02 Å². The van der Waals surface area contributed by atoms with E-state index in [-0.39, 0.29) is 0 Å². The predicted molar refractivity (Wildman–Crippen MR) is 75.1 cm³/mol. The van der Waals surface area contributed by atoms with Crippen molar-refractivity contribution in [2.45, 2.75) is 11.5 Å². The van der Waals surface area contributed by atoms with Gasteiger partial charge in [0.25, 0.3) is 0 Å². The highest BCUT2D eigenvalue weighted by Crippen LogP contribution is 2.18. The molecule has 0 saturated heterocycles. The zero-order chi connectivity index (χ0) is 12.1. The van der Waals surface area contributed by atoms with Crippen LogP contribution in [0.4, 0.5) is 5.82 Å². The van der Waals surface area contributed by atoms with Gasteiger partial charge in [-0.25, -0.2) is 4.98 Å². The summed E-state index contributed by atoms with van der Waals surface area (Å²) in [7, 11) is 0. The zero-order valence-electron chi connectivity index (χ0n) is 9.27. The van der Waals surface area contributed by atoms with E-state index in [9.17, 15) is 0 Å². The number of hydrogen-bond donors (Lipinski definition) is 1. The molecule has 0 saturated carbocycles. The first-order chi connectivity index (χ1) is 8.24. The minimum atomic E-state index is 0.578. The van der Waals surface area contributed by atoms with Crippen molar-refractivity contribution in [2.24, 2.45) is 0 Å². The quantitative estimate of drug-likeness (QED) is 0.914. The molecule has 0 aliphatic carbocycles. The molecule has 2 rings (SSSR count). The first-order valence-corrected chi connectivity index (χ1v) is 6.81. The highest BCUT2D eigenvalue weighted by molar-refractivity contribution is 7.97. The molecule has 2 nitrogen and oxygen atoms in total. The van der Waals surface area contributed by atoms with Crippen molar-refractivity contribution in [2.75, 3.05) is 5.73 Å². The van der Waals surface area contributed by atoms with Crippen LogP contribution < -0.4 is 5.73 Å². The number of halogens is 1. The van der Waals surface area contributed by atoms with E-state index in [1.165, 1.54) is 5.56 Å². The molecule has 1 aromatic heterocycles. The molecule has 0 aliphatic rings. The second-order valence-corrected chi connectivity index (χ2v) is 5.10. The number of aromatic nitrogens is 1. The van der Waals surface area contributed by atoms with Gasteiger partial charge in [0.2, 0.25) is 0 Å². The number of nitrogen functional groups attached to an aromatic ring is 1. The van der Waals surface area contributed by atoms with Gasteiger partial charge in [0, 0.05) is 16.5 Å². The topological polar surface area (TPSA) is 38.9 Å². The van der Waals surface area contributed by atoms with E-state index in [4.69, 9.17) is 17.3 Å². The second kappa shape index (κ2) is 5.94. The lowest BCUT2D eigenvalue weighted by molar-refractivity contribution is 1.18. The van der Waals surface area contributed by atoms with Crippen LogP contribution in [-0.2, 0) is 11.5 Å². The predicted octanol–water partition coefficient (Wildman–Crippen LogP) is 3.75. The minimum Gasteiger partial charge on any atom is -0.384 e. The summed E-state index contributed by atoms with van der Waals surface area (Å²) in [5.74, 6) is 2.40. The number of benzene rings is 1. The summed E-state index contributed by atoms with van der Waals surface area (Å²) in [6.07, 6.45) is 0. The van der Waals surface area contributed by atoms with E-state index in [0.717, 1.165) is 22.2 Å². The van der Waals surface area contributed by atoms with Gasteiger partial charge in [0.15, 0.2) is 0 Å². The third-order valence-corrected chi connectivity index (χ3v) is 3.55. The van der Waals surface area contributed by atoms with Crippen LogP contribution in [0, 0.1) is 0 Å². The smallest absolute Gasteiger partial charge is 0.123 e. The Morgan fingerprint density at radius 2 is 1.82 bits per heavy atom. The summed E-state index contributed by atoms with van der Waals surface area (Å²) < 4.78 is 0. The highest BCUT2D eigenvalue weighted by atomic mass is 35.5. The van der Waals surface area contributed by atoms with Gasteiger partial charge in [0.05, 0.1) is 5.69 Å². The van der Waals surface area contributed by atoms with Gasteiger partial charge in [-0.3, -0.25) is 0 Å². The Kier molecular flexibility index (Phi) is 4.29. The molecule has 1 aromatic carbocycles. The number of nitrogens with zero attached hydrogens (tertiary/aromatic N) is 1. The van der Waals surface area contributed by atoms with E-state index >= 15 is 0 Å². The summed E-state index contributed by atoms with van der Waals surface area (Å²) in [6.45, 7) is 0. The van der Waals surface area contributed by atoms with Gasteiger partial charge < -0.3 is 5.73 Å². The lowest BCUT2D eigenvalue weighted by atomic mass is 10.2. The Labute approximate surface area is 110 Å². The van der Waals surface area contributed by atoms with Crippen LogP contribution >= 0.6 is 23.4 Å². The summed E-state index contributed by atoms with van der Waals surface area (Å²) in [5, 5.41) is 0.774. The fourth-order valence-electron chi connectivity index (χ4n) is 1.43. The second-order valence-electron chi connectivity index (χ2n) is 3.67. The Balaban J connectivity index is 1.85. The highest BCUT2D eigenvalue weighted by Gasteiger charge is 1.97. The van der Waals surface area contributed by atoms with Crippen LogP contribution in [0.1, 0.15) is 11.3 Å². The van der Waals surface area contributed by atoms with Gasteiger partial charge in [0.1, 0.15) is 5.82 Å². The van der Waals surface area contributed by atoms with Crippen molar-refractivity contribution >= 4 is 29.2 Å². The van der Waals surface area contributed by atoms with Gasteiger partial charge >= 0.3 is 0 Å². The Bertz CT molecular complexity index is 485. The lowest BCUT2D eigenvalue weighted by Gasteiger charge is -2.03. The monoisotopic (exact) mass is 264 g/mol. The van der Waals surface area contributed by atoms with Crippen molar-refractivity contribution in [3.8, 4) is 0 Å². The van der Waals surface area contributed by atoms with E-state index in [0.29, 0.717) is 5.82 Å². The molecule has 0 spiro atoms. The molecular formula is C13H13ClN2S. The number of thioether (sulfide) groups is 1. The average molecular weight is 265 g/mol. The third-order valence-electron chi connectivity index (χ3n) is 2.26. The molecule has 0 amide bonds. The molecule has 0 fully saturated rings. The fraction of sp³-hybridized carbons (Fsp3) is 0.154. The summed E-state index contributed by atoms with van der Waals surface area (Å²) in [5.41, 5.74) is 7.91. The molecule has 4 heteroatoms. The third kappa shape index (κ3) is 3.95. The van der Waals surface area contributed by atoms with Crippen LogP contribution in [-0.4, -0.2) is 4.98 Å². The largest absolute Gasteiger partial charge is 0.384 e.